The van der Waals surface area contributed by atoms with E-state index in [1.54, 1.807) is 0 Å². The molecule has 0 amide bonds. The van der Waals surface area contributed by atoms with Crippen molar-refractivity contribution in [3.63, 3.8) is 0 Å². The molecule has 0 aromatic rings. The van der Waals surface area contributed by atoms with Gasteiger partial charge in [-0.15, -0.1) is 0 Å². The van der Waals surface area contributed by atoms with E-state index in [2.05, 4.69) is 0 Å². The van der Waals surface area contributed by atoms with Gasteiger partial charge in [0.15, 0.2) is 0 Å². The van der Waals surface area contributed by atoms with Crippen molar-refractivity contribution in [1.82, 2.24) is 0 Å². The summed E-state index contributed by atoms with van der Waals surface area (Å²) < 4.78 is 5.25. The lowest BCUT2D eigenvalue weighted by molar-refractivity contribution is -0.0400. The van der Waals surface area contributed by atoms with E-state index in [4.69, 9.17) is 15.6 Å². The minimum absolute atomic E-state index is 0.129. The van der Waals surface area contributed by atoms with E-state index in [-0.39, 0.29) is 6.61 Å². The Morgan fingerprint density at radius 3 is 2.70 bits per heavy atom. The minimum atomic E-state index is 0.129. The van der Waals surface area contributed by atoms with Gasteiger partial charge in [0.2, 0.25) is 0 Å². The molecule has 0 aliphatic heterocycles. The van der Waals surface area contributed by atoms with E-state index in [1.807, 2.05) is 0 Å². The zero-order chi connectivity index (χ0) is 7.40. The predicted molar refractivity (Wildman–Crippen MR) is 38.6 cm³/mol. The van der Waals surface area contributed by atoms with E-state index < -0.39 is 0 Å². The molecular formula is C7H15NO2. The molecule has 0 radical (unpaired) electrons. The first-order valence-electron chi connectivity index (χ1n) is 3.79. The van der Waals surface area contributed by atoms with Crippen LogP contribution in [0.4, 0.5) is 0 Å². The number of aliphatic hydroxyl groups excluding tert-OH is 1. The number of nitrogens with two attached hydrogens (primary N) is 1. The van der Waals surface area contributed by atoms with Crippen molar-refractivity contribution in [3.8, 4) is 0 Å². The zero-order valence-electron chi connectivity index (χ0n) is 6.12. The Bertz CT molecular complexity index is 88.9. The van der Waals surface area contributed by atoms with Crippen LogP contribution in [-0.4, -0.2) is 31.0 Å². The molecule has 0 saturated heterocycles. The topological polar surface area (TPSA) is 55.5 Å². The summed E-state index contributed by atoms with van der Waals surface area (Å²) in [5.74, 6) is 0.670. The summed E-state index contributed by atoms with van der Waals surface area (Å²) in [6.07, 6.45) is 2.54. The van der Waals surface area contributed by atoms with E-state index in [0.717, 1.165) is 19.4 Å². The summed E-state index contributed by atoms with van der Waals surface area (Å²) in [6.45, 7) is 1.38. The van der Waals surface area contributed by atoms with E-state index in [9.17, 15) is 0 Å². The SMILES string of the molecule is NCC1CC(OCCO)C1. The van der Waals surface area contributed by atoms with Gasteiger partial charge in [0.1, 0.15) is 0 Å². The third-order valence-electron chi connectivity index (χ3n) is 1.97. The lowest BCUT2D eigenvalue weighted by Crippen LogP contribution is -2.36. The van der Waals surface area contributed by atoms with Crippen LogP contribution in [0.2, 0.25) is 0 Å². The third-order valence-corrected chi connectivity index (χ3v) is 1.97. The van der Waals surface area contributed by atoms with Gasteiger partial charge in [-0.25, -0.2) is 0 Å². The van der Waals surface area contributed by atoms with Crippen molar-refractivity contribution >= 4 is 0 Å². The third kappa shape index (κ3) is 1.94. The van der Waals surface area contributed by atoms with Gasteiger partial charge in [0.05, 0.1) is 19.3 Å². The fraction of sp³-hybridized carbons (Fsp3) is 1.00. The highest BCUT2D eigenvalue weighted by atomic mass is 16.5. The second-order valence-electron chi connectivity index (χ2n) is 2.79. The zero-order valence-corrected chi connectivity index (χ0v) is 6.12. The second kappa shape index (κ2) is 3.91. The molecule has 1 saturated carbocycles. The average molecular weight is 145 g/mol. The molecule has 0 bridgehead atoms. The molecule has 3 heteroatoms. The van der Waals surface area contributed by atoms with Crippen LogP contribution in [0.3, 0.4) is 0 Å². The molecule has 0 aromatic heterocycles. The Morgan fingerprint density at radius 1 is 1.50 bits per heavy atom. The first kappa shape index (κ1) is 7.98. The molecule has 0 heterocycles. The highest BCUT2D eigenvalue weighted by Crippen LogP contribution is 2.28. The van der Waals surface area contributed by atoms with E-state index in [0.29, 0.717) is 18.6 Å². The molecule has 3 nitrogen and oxygen atoms in total. The quantitative estimate of drug-likeness (QED) is 0.572. The molecule has 0 aromatic carbocycles. The van der Waals surface area contributed by atoms with Gasteiger partial charge in [0.25, 0.3) is 0 Å². The molecule has 1 fully saturated rings. The average Bonchev–Trinajstić information content (AvgIpc) is 1.86. The first-order chi connectivity index (χ1) is 4.86. The number of aliphatic hydroxyl groups is 1. The molecule has 3 N–H and O–H groups in total. The van der Waals surface area contributed by atoms with E-state index in [1.165, 1.54) is 0 Å². The molecule has 0 unspecified atom stereocenters. The molecule has 1 aliphatic rings. The van der Waals surface area contributed by atoms with Crippen molar-refractivity contribution in [1.29, 1.82) is 0 Å². The lowest BCUT2D eigenvalue weighted by Gasteiger charge is -2.33. The molecule has 1 rings (SSSR count). The van der Waals surface area contributed by atoms with Crippen LogP contribution in [0.1, 0.15) is 12.8 Å². The molecule has 0 spiro atoms. The maximum atomic E-state index is 8.41. The van der Waals surface area contributed by atoms with Crippen LogP contribution < -0.4 is 5.73 Å². The lowest BCUT2D eigenvalue weighted by atomic mass is 9.82. The Kier molecular flexibility index (Phi) is 3.12. The standard InChI is InChI=1S/C7H15NO2/c8-5-6-3-7(4-6)10-2-1-9/h6-7,9H,1-5,8H2. The van der Waals surface area contributed by atoms with Crippen LogP contribution in [0, 0.1) is 5.92 Å². The van der Waals surface area contributed by atoms with Gasteiger partial charge in [0, 0.05) is 0 Å². The smallest absolute Gasteiger partial charge is 0.0701 e. The van der Waals surface area contributed by atoms with Crippen molar-refractivity contribution in [2.45, 2.75) is 18.9 Å². The van der Waals surface area contributed by atoms with Gasteiger partial charge in [-0.1, -0.05) is 0 Å². The first-order valence-corrected chi connectivity index (χ1v) is 3.79. The predicted octanol–water partition coefficient (Wildman–Crippen LogP) is -0.267. The highest BCUT2D eigenvalue weighted by molar-refractivity contribution is 4.80. The van der Waals surface area contributed by atoms with Crippen molar-refractivity contribution < 1.29 is 9.84 Å². The van der Waals surface area contributed by atoms with Crippen molar-refractivity contribution in [2.75, 3.05) is 19.8 Å². The molecule has 10 heavy (non-hydrogen) atoms. The highest BCUT2D eigenvalue weighted by Gasteiger charge is 2.27. The van der Waals surface area contributed by atoms with Gasteiger partial charge >= 0.3 is 0 Å². The van der Waals surface area contributed by atoms with Crippen LogP contribution in [0.25, 0.3) is 0 Å². The number of hydrogen-bond acceptors (Lipinski definition) is 3. The van der Waals surface area contributed by atoms with Crippen LogP contribution >= 0.6 is 0 Å². The van der Waals surface area contributed by atoms with Gasteiger partial charge in [-0.3, -0.25) is 0 Å². The molecule has 60 valence electrons. The monoisotopic (exact) mass is 145 g/mol. The van der Waals surface area contributed by atoms with Gasteiger partial charge in [-0.2, -0.15) is 0 Å². The Balaban J connectivity index is 1.93. The largest absolute Gasteiger partial charge is 0.394 e. The van der Waals surface area contributed by atoms with Crippen molar-refractivity contribution in [2.24, 2.45) is 11.7 Å². The van der Waals surface area contributed by atoms with Crippen LogP contribution in [-0.2, 0) is 4.74 Å². The van der Waals surface area contributed by atoms with Crippen LogP contribution in [0.5, 0.6) is 0 Å². The fourth-order valence-electron chi connectivity index (χ4n) is 1.22. The Morgan fingerprint density at radius 2 is 2.20 bits per heavy atom. The summed E-state index contributed by atoms with van der Waals surface area (Å²) in [7, 11) is 0. The maximum Gasteiger partial charge on any atom is 0.0701 e. The summed E-state index contributed by atoms with van der Waals surface area (Å²) in [6, 6.07) is 0. The molecular weight excluding hydrogens is 130 g/mol. The molecule has 0 atom stereocenters. The fourth-order valence-corrected chi connectivity index (χ4v) is 1.22. The van der Waals surface area contributed by atoms with E-state index >= 15 is 0 Å². The van der Waals surface area contributed by atoms with Crippen molar-refractivity contribution in [3.05, 3.63) is 0 Å². The minimum Gasteiger partial charge on any atom is -0.394 e. The number of ether oxygens (including phenoxy) is 1. The van der Waals surface area contributed by atoms with Gasteiger partial charge in [-0.05, 0) is 25.3 Å². The maximum absolute atomic E-state index is 8.41. The number of rotatable bonds is 4. The Hall–Kier alpha value is -0.120. The normalized spacial score (nSPS) is 31.8. The molecule has 1 aliphatic carbocycles. The summed E-state index contributed by atoms with van der Waals surface area (Å²) in [5.41, 5.74) is 5.42. The Labute approximate surface area is 61.2 Å². The van der Waals surface area contributed by atoms with Gasteiger partial charge < -0.3 is 15.6 Å². The number of hydrogen-bond donors (Lipinski definition) is 2. The summed E-state index contributed by atoms with van der Waals surface area (Å²) in [4.78, 5) is 0. The summed E-state index contributed by atoms with van der Waals surface area (Å²) >= 11 is 0. The summed E-state index contributed by atoms with van der Waals surface area (Å²) in [5, 5.41) is 8.41. The van der Waals surface area contributed by atoms with Crippen LogP contribution in [0.15, 0.2) is 0 Å². The second-order valence-corrected chi connectivity index (χ2v) is 2.79.